The summed E-state index contributed by atoms with van der Waals surface area (Å²) in [6.07, 6.45) is 2.01. The SMILES string of the molecule is COc1cc2ncn(CCCC(=O)OCc3ccccc3C#N)c(=O)c2cc1OC. The van der Waals surface area contributed by atoms with Gasteiger partial charge in [0, 0.05) is 24.6 Å². The molecule has 3 rings (SSSR count). The third kappa shape index (κ3) is 4.58. The van der Waals surface area contributed by atoms with Gasteiger partial charge in [-0.05, 0) is 18.6 Å². The molecule has 0 unspecified atom stereocenters. The molecule has 0 fully saturated rings. The van der Waals surface area contributed by atoms with Gasteiger partial charge in [0.25, 0.3) is 5.56 Å². The number of esters is 1. The molecule has 0 N–H and O–H groups in total. The molecule has 0 amide bonds. The zero-order chi connectivity index (χ0) is 21.5. The highest BCUT2D eigenvalue weighted by molar-refractivity contribution is 5.81. The Morgan fingerprint density at radius 3 is 2.63 bits per heavy atom. The first kappa shape index (κ1) is 20.9. The van der Waals surface area contributed by atoms with Crippen LogP contribution in [0.15, 0.2) is 47.5 Å². The van der Waals surface area contributed by atoms with Crippen LogP contribution in [0, 0.1) is 11.3 Å². The van der Waals surface area contributed by atoms with Crippen molar-refractivity contribution in [1.29, 1.82) is 5.26 Å². The molecule has 8 nitrogen and oxygen atoms in total. The van der Waals surface area contributed by atoms with Crippen molar-refractivity contribution >= 4 is 16.9 Å². The predicted molar refractivity (Wildman–Crippen MR) is 109 cm³/mol. The molecule has 154 valence electrons. The predicted octanol–water partition coefficient (Wildman–Crippen LogP) is 2.81. The van der Waals surface area contributed by atoms with Crippen molar-refractivity contribution in [2.75, 3.05) is 14.2 Å². The largest absolute Gasteiger partial charge is 0.493 e. The van der Waals surface area contributed by atoms with E-state index >= 15 is 0 Å². The minimum Gasteiger partial charge on any atom is -0.493 e. The lowest BCUT2D eigenvalue weighted by Crippen LogP contribution is -2.21. The van der Waals surface area contributed by atoms with Gasteiger partial charge in [-0.1, -0.05) is 18.2 Å². The number of carbonyl (C=O) groups excluding carboxylic acids is 1. The van der Waals surface area contributed by atoms with Crippen molar-refractivity contribution in [1.82, 2.24) is 9.55 Å². The van der Waals surface area contributed by atoms with Crippen molar-refractivity contribution in [3.63, 3.8) is 0 Å². The number of carbonyl (C=O) groups is 1. The molecule has 0 aliphatic heterocycles. The molecule has 3 aromatic rings. The van der Waals surface area contributed by atoms with Crippen LogP contribution in [0.1, 0.15) is 24.0 Å². The minimum absolute atomic E-state index is 0.0433. The Balaban J connectivity index is 1.61. The minimum atomic E-state index is -0.393. The van der Waals surface area contributed by atoms with Crippen LogP contribution in [-0.2, 0) is 22.7 Å². The number of hydrogen-bond acceptors (Lipinski definition) is 7. The van der Waals surface area contributed by atoms with Gasteiger partial charge < -0.3 is 14.2 Å². The lowest BCUT2D eigenvalue weighted by atomic mass is 10.1. The van der Waals surface area contributed by atoms with Crippen LogP contribution >= 0.6 is 0 Å². The second kappa shape index (κ2) is 9.56. The summed E-state index contributed by atoms with van der Waals surface area (Å²) >= 11 is 0. The summed E-state index contributed by atoms with van der Waals surface area (Å²) in [7, 11) is 3.02. The van der Waals surface area contributed by atoms with Crippen LogP contribution in [0.3, 0.4) is 0 Å². The van der Waals surface area contributed by atoms with Crippen LogP contribution in [0.4, 0.5) is 0 Å². The lowest BCUT2D eigenvalue weighted by molar-refractivity contribution is -0.145. The zero-order valence-electron chi connectivity index (χ0n) is 16.8. The van der Waals surface area contributed by atoms with E-state index in [-0.39, 0.29) is 18.6 Å². The monoisotopic (exact) mass is 407 g/mol. The van der Waals surface area contributed by atoms with E-state index < -0.39 is 5.97 Å². The van der Waals surface area contributed by atoms with Crippen LogP contribution in [0.5, 0.6) is 11.5 Å². The van der Waals surface area contributed by atoms with Gasteiger partial charge in [0.2, 0.25) is 0 Å². The molecule has 30 heavy (non-hydrogen) atoms. The number of benzene rings is 2. The number of ether oxygens (including phenoxy) is 3. The smallest absolute Gasteiger partial charge is 0.306 e. The molecule has 0 radical (unpaired) electrons. The van der Waals surface area contributed by atoms with Crippen LogP contribution in [0.2, 0.25) is 0 Å². The van der Waals surface area contributed by atoms with Crippen molar-refractivity contribution in [2.45, 2.75) is 26.0 Å². The molecule has 0 atom stereocenters. The molecule has 0 aliphatic carbocycles. The van der Waals surface area contributed by atoms with Gasteiger partial charge in [0.05, 0.1) is 43.1 Å². The van der Waals surface area contributed by atoms with E-state index in [4.69, 9.17) is 19.5 Å². The van der Waals surface area contributed by atoms with Crippen molar-refractivity contribution in [2.24, 2.45) is 0 Å². The molecular formula is C22H21N3O5. The number of nitriles is 1. The molecule has 8 heteroatoms. The Bertz CT molecular complexity index is 1160. The first-order chi connectivity index (χ1) is 14.6. The standard InChI is InChI=1S/C22H21N3O5/c1-28-19-10-17-18(11-20(19)29-2)24-14-25(22(17)27)9-5-8-21(26)30-13-16-7-4-3-6-15(16)12-23/h3-4,6-7,10-11,14H,5,8-9,13H2,1-2H3. The number of nitrogens with zero attached hydrogens (tertiary/aromatic N) is 3. The van der Waals surface area contributed by atoms with E-state index in [1.807, 2.05) is 0 Å². The molecule has 0 saturated heterocycles. The van der Waals surface area contributed by atoms with Gasteiger partial charge >= 0.3 is 5.97 Å². The maximum Gasteiger partial charge on any atom is 0.306 e. The molecule has 2 aromatic carbocycles. The molecular weight excluding hydrogens is 386 g/mol. The van der Waals surface area contributed by atoms with Crippen molar-refractivity contribution in [3.8, 4) is 17.6 Å². The quantitative estimate of drug-likeness (QED) is 0.529. The van der Waals surface area contributed by atoms with Crippen molar-refractivity contribution < 1.29 is 19.0 Å². The van der Waals surface area contributed by atoms with Gasteiger partial charge in [-0.3, -0.25) is 14.2 Å². The van der Waals surface area contributed by atoms with E-state index in [2.05, 4.69) is 11.1 Å². The Morgan fingerprint density at radius 1 is 1.17 bits per heavy atom. The normalized spacial score (nSPS) is 10.4. The number of aryl methyl sites for hydroxylation is 1. The average Bonchev–Trinajstić information content (AvgIpc) is 2.78. The Kier molecular flexibility index (Phi) is 6.65. The summed E-state index contributed by atoms with van der Waals surface area (Å²) in [4.78, 5) is 29.1. The number of aromatic nitrogens is 2. The maximum absolute atomic E-state index is 12.7. The molecule has 0 saturated carbocycles. The van der Waals surface area contributed by atoms with Gasteiger partial charge in [-0.25, -0.2) is 4.98 Å². The van der Waals surface area contributed by atoms with E-state index in [9.17, 15) is 9.59 Å². The van der Waals surface area contributed by atoms with Crippen LogP contribution < -0.4 is 15.0 Å². The highest BCUT2D eigenvalue weighted by Gasteiger charge is 2.12. The number of hydrogen-bond donors (Lipinski definition) is 0. The summed E-state index contributed by atoms with van der Waals surface area (Å²) in [5.41, 5.74) is 1.42. The summed E-state index contributed by atoms with van der Waals surface area (Å²) < 4.78 is 17.2. The number of fused-ring (bicyclic) bond motifs is 1. The van der Waals surface area contributed by atoms with Crippen LogP contribution in [-0.4, -0.2) is 29.7 Å². The average molecular weight is 407 g/mol. The van der Waals surface area contributed by atoms with Crippen LogP contribution in [0.25, 0.3) is 10.9 Å². The van der Waals surface area contributed by atoms with E-state index in [1.54, 1.807) is 36.4 Å². The van der Waals surface area contributed by atoms with Gasteiger partial charge in [0.1, 0.15) is 6.61 Å². The zero-order valence-corrected chi connectivity index (χ0v) is 16.8. The molecule has 0 bridgehead atoms. The van der Waals surface area contributed by atoms with E-state index in [0.717, 1.165) is 0 Å². The number of methoxy groups -OCH3 is 2. The summed E-state index contributed by atoms with van der Waals surface area (Å²) in [5.74, 6) is 0.550. The highest BCUT2D eigenvalue weighted by atomic mass is 16.5. The molecule has 0 spiro atoms. The third-order valence-corrected chi connectivity index (χ3v) is 4.64. The third-order valence-electron chi connectivity index (χ3n) is 4.64. The van der Waals surface area contributed by atoms with Gasteiger partial charge in [0.15, 0.2) is 11.5 Å². The first-order valence-electron chi connectivity index (χ1n) is 9.32. The number of rotatable bonds is 8. The van der Waals surface area contributed by atoms with E-state index in [1.165, 1.54) is 25.1 Å². The molecule has 1 heterocycles. The second-order valence-corrected chi connectivity index (χ2v) is 6.50. The topological polar surface area (TPSA) is 103 Å². The second-order valence-electron chi connectivity index (χ2n) is 6.50. The van der Waals surface area contributed by atoms with Gasteiger partial charge in [-0.15, -0.1) is 0 Å². The Hall–Kier alpha value is -3.86. The van der Waals surface area contributed by atoms with Gasteiger partial charge in [-0.2, -0.15) is 5.26 Å². The fourth-order valence-electron chi connectivity index (χ4n) is 3.02. The summed E-state index contributed by atoms with van der Waals surface area (Å²) in [6, 6.07) is 12.3. The fraction of sp³-hybridized carbons (Fsp3) is 0.273. The lowest BCUT2D eigenvalue weighted by Gasteiger charge is -2.10. The maximum atomic E-state index is 12.7. The highest BCUT2D eigenvalue weighted by Crippen LogP contribution is 2.29. The first-order valence-corrected chi connectivity index (χ1v) is 9.32. The summed E-state index contributed by atoms with van der Waals surface area (Å²) in [5, 5.41) is 9.48. The van der Waals surface area contributed by atoms with E-state index in [0.29, 0.717) is 46.5 Å². The Morgan fingerprint density at radius 2 is 1.90 bits per heavy atom. The van der Waals surface area contributed by atoms with Crippen molar-refractivity contribution in [3.05, 3.63) is 64.2 Å². The fourth-order valence-corrected chi connectivity index (χ4v) is 3.02. The molecule has 0 aliphatic rings. The molecule has 1 aromatic heterocycles. The summed E-state index contributed by atoms with van der Waals surface area (Å²) in [6.45, 7) is 0.363. The Labute approximate surface area is 173 Å².